The summed E-state index contributed by atoms with van der Waals surface area (Å²) >= 11 is 0. The number of piperidine rings is 1. The van der Waals surface area contributed by atoms with E-state index in [2.05, 4.69) is 20.5 Å². The van der Waals surface area contributed by atoms with E-state index in [1.54, 1.807) is 11.0 Å². The van der Waals surface area contributed by atoms with Crippen LogP contribution < -0.4 is 16.0 Å². The number of aryl methyl sites for hydroxylation is 1. The molecule has 0 spiro atoms. The molecule has 29 heavy (non-hydrogen) atoms. The van der Waals surface area contributed by atoms with Crippen LogP contribution in [0.3, 0.4) is 0 Å². The van der Waals surface area contributed by atoms with Crippen molar-refractivity contribution in [3.8, 4) is 0 Å². The first-order chi connectivity index (χ1) is 13.8. The third-order valence-electron chi connectivity index (χ3n) is 4.65. The fourth-order valence-electron chi connectivity index (χ4n) is 3.40. The molecule has 0 bridgehead atoms. The van der Waals surface area contributed by atoms with Gasteiger partial charge in [-0.2, -0.15) is 5.10 Å². The predicted octanol–water partition coefficient (Wildman–Crippen LogP) is 1.53. The number of fused-ring (bicyclic) bond motifs is 1. The van der Waals surface area contributed by atoms with E-state index in [0.29, 0.717) is 12.1 Å². The fourth-order valence-corrected chi connectivity index (χ4v) is 3.40. The number of hydrogen-bond donors (Lipinski definition) is 2. The molecule has 3 aromatic rings. The van der Waals surface area contributed by atoms with E-state index in [1.807, 2.05) is 0 Å². The van der Waals surface area contributed by atoms with E-state index in [4.69, 9.17) is 5.73 Å². The maximum absolute atomic E-state index is 13.9. The highest BCUT2D eigenvalue weighted by atomic mass is 19.3. The molecule has 12 heteroatoms. The van der Waals surface area contributed by atoms with Gasteiger partial charge >= 0.3 is 0 Å². The number of carbonyl (C=O) groups is 1. The maximum atomic E-state index is 13.9. The first-order valence-corrected chi connectivity index (χ1v) is 8.94. The van der Waals surface area contributed by atoms with Gasteiger partial charge in [-0.15, -0.1) is 5.10 Å². The Morgan fingerprint density at radius 3 is 2.83 bits per heavy atom. The van der Waals surface area contributed by atoms with Crippen molar-refractivity contribution in [2.24, 2.45) is 12.8 Å². The van der Waals surface area contributed by atoms with Crippen LogP contribution in [-0.2, 0) is 7.05 Å². The second-order valence-corrected chi connectivity index (χ2v) is 6.97. The molecule has 0 unspecified atom stereocenters. The zero-order chi connectivity index (χ0) is 20.7. The highest BCUT2D eigenvalue weighted by Gasteiger charge is 2.27. The molecule has 0 radical (unpaired) electrons. The maximum Gasteiger partial charge on any atom is 0.284 e. The molecule has 0 aliphatic carbocycles. The summed E-state index contributed by atoms with van der Waals surface area (Å²) in [6, 6.07) is 2.78. The number of alkyl halides is 3. The number of halogens is 3. The highest BCUT2D eigenvalue weighted by molar-refractivity contribution is 6.04. The van der Waals surface area contributed by atoms with E-state index in [0.717, 1.165) is 0 Å². The van der Waals surface area contributed by atoms with E-state index >= 15 is 0 Å². The SMILES string of the molecule is Cn1cc(NC(=O)c2ccc3cnc(N4C[C@H](N)C[C@H](F)C4)nn23)c(C(F)F)n1. The first kappa shape index (κ1) is 19.2. The van der Waals surface area contributed by atoms with E-state index < -0.39 is 24.2 Å². The lowest BCUT2D eigenvalue weighted by Gasteiger charge is -2.32. The van der Waals surface area contributed by atoms with Crippen molar-refractivity contribution < 1.29 is 18.0 Å². The Bertz CT molecular complexity index is 1040. The lowest BCUT2D eigenvalue weighted by Crippen LogP contribution is -2.48. The Balaban J connectivity index is 1.63. The molecular formula is C17H19F3N8O. The molecular weight excluding hydrogens is 389 g/mol. The van der Waals surface area contributed by atoms with Crippen LogP contribution in [0.15, 0.2) is 24.5 Å². The van der Waals surface area contributed by atoms with Crippen LogP contribution in [0.2, 0.25) is 0 Å². The number of anilines is 2. The van der Waals surface area contributed by atoms with Gasteiger partial charge in [0.05, 0.1) is 23.9 Å². The van der Waals surface area contributed by atoms with E-state index in [9.17, 15) is 18.0 Å². The van der Waals surface area contributed by atoms with Gasteiger partial charge in [0.25, 0.3) is 12.3 Å². The molecule has 1 amide bonds. The van der Waals surface area contributed by atoms with Crippen LogP contribution in [0.25, 0.3) is 5.52 Å². The monoisotopic (exact) mass is 408 g/mol. The fraction of sp³-hybridized carbons (Fsp3) is 0.412. The van der Waals surface area contributed by atoms with Crippen LogP contribution in [0, 0.1) is 0 Å². The van der Waals surface area contributed by atoms with Crippen molar-refractivity contribution in [2.45, 2.75) is 25.1 Å². The molecule has 4 rings (SSSR count). The van der Waals surface area contributed by atoms with Crippen molar-refractivity contribution in [1.82, 2.24) is 24.4 Å². The normalized spacial score (nSPS) is 19.9. The van der Waals surface area contributed by atoms with Gasteiger partial charge in [-0.25, -0.2) is 22.7 Å². The van der Waals surface area contributed by atoms with Gasteiger partial charge in [-0.3, -0.25) is 9.48 Å². The van der Waals surface area contributed by atoms with Crippen molar-refractivity contribution in [2.75, 3.05) is 23.3 Å². The number of nitrogens with two attached hydrogens (primary N) is 1. The summed E-state index contributed by atoms with van der Waals surface area (Å²) < 4.78 is 42.6. The number of rotatable bonds is 4. The van der Waals surface area contributed by atoms with Gasteiger partial charge < -0.3 is 16.0 Å². The molecule has 1 saturated heterocycles. The summed E-state index contributed by atoms with van der Waals surface area (Å²) in [6.07, 6.45) is -0.855. The van der Waals surface area contributed by atoms with E-state index in [1.165, 1.54) is 34.7 Å². The Hall–Kier alpha value is -3.15. The third-order valence-corrected chi connectivity index (χ3v) is 4.65. The van der Waals surface area contributed by atoms with Gasteiger partial charge in [0.2, 0.25) is 5.95 Å². The molecule has 0 aromatic carbocycles. The molecule has 2 atom stereocenters. The number of nitrogens with zero attached hydrogens (tertiary/aromatic N) is 6. The van der Waals surface area contributed by atoms with Crippen LogP contribution >= 0.6 is 0 Å². The van der Waals surface area contributed by atoms with Crippen LogP contribution in [0.1, 0.15) is 29.0 Å². The molecule has 9 nitrogen and oxygen atoms in total. The average molecular weight is 408 g/mol. The van der Waals surface area contributed by atoms with Gasteiger partial charge in [-0.1, -0.05) is 0 Å². The first-order valence-electron chi connectivity index (χ1n) is 8.94. The van der Waals surface area contributed by atoms with Gasteiger partial charge in [0.1, 0.15) is 11.9 Å². The summed E-state index contributed by atoms with van der Waals surface area (Å²) in [5, 5.41) is 10.4. The van der Waals surface area contributed by atoms with Gasteiger partial charge in [-0.05, 0) is 18.6 Å². The molecule has 1 aliphatic heterocycles. The molecule has 0 saturated carbocycles. The topological polar surface area (TPSA) is 106 Å². The lowest BCUT2D eigenvalue weighted by molar-refractivity contribution is 0.101. The highest BCUT2D eigenvalue weighted by Crippen LogP contribution is 2.26. The van der Waals surface area contributed by atoms with Crippen molar-refractivity contribution >= 4 is 23.1 Å². The second-order valence-electron chi connectivity index (χ2n) is 6.97. The molecule has 4 heterocycles. The van der Waals surface area contributed by atoms with Crippen LogP contribution in [0.4, 0.5) is 24.8 Å². The van der Waals surface area contributed by atoms with Gasteiger partial charge in [0.15, 0.2) is 5.69 Å². The summed E-state index contributed by atoms with van der Waals surface area (Å²) in [6.45, 7) is 0.498. The van der Waals surface area contributed by atoms with E-state index in [-0.39, 0.29) is 36.3 Å². The Kier molecular flexibility index (Phi) is 4.86. The Morgan fingerprint density at radius 1 is 1.31 bits per heavy atom. The molecule has 3 N–H and O–H groups in total. The number of hydrogen-bond acceptors (Lipinski definition) is 6. The second kappa shape index (κ2) is 7.35. The standard InChI is InChI=1S/C17H19F3N8O/c1-26-8-12(14(24-26)15(19)20)23-16(29)13-3-2-11-5-22-17(25-28(11)13)27-6-9(18)4-10(21)7-27/h2-3,5,8-10,15H,4,6-7,21H2,1H3,(H,23,29)/t9-,10+/m0/s1. The Labute approximate surface area is 163 Å². The zero-order valence-electron chi connectivity index (χ0n) is 15.5. The molecule has 3 aromatic heterocycles. The Morgan fingerprint density at radius 2 is 2.10 bits per heavy atom. The number of amides is 1. The average Bonchev–Trinajstić information content (AvgIpc) is 3.23. The lowest BCUT2D eigenvalue weighted by atomic mass is 10.1. The summed E-state index contributed by atoms with van der Waals surface area (Å²) in [5.41, 5.74) is 5.91. The minimum Gasteiger partial charge on any atom is -0.335 e. The van der Waals surface area contributed by atoms with Gasteiger partial charge in [0, 0.05) is 25.8 Å². The molecule has 1 aliphatic rings. The predicted molar refractivity (Wildman–Crippen MR) is 98.8 cm³/mol. The molecule has 1 fully saturated rings. The largest absolute Gasteiger partial charge is 0.335 e. The van der Waals surface area contributed by atoms with Crippen LogP contribution in [0.5, 0.6) is 0 Å². The third kappa shape index (κ3) is 3.75. The quantitative estimate of drug-likeness (QED) is 0.678. The van der Waals surface area contributed by atoms with Crippen molar-refractivity contribution in [1.29, 1.82) is 0 Å². The van der Waals surface area contributed by atoms with Crippen LogP contribution in [-0.4, -0.2) is 55.6 Å². The summed E-state index contributed by atoms with van der Waals surface area (Å²) in [4.78, 5) is 18.5. The molecule has 154 valence electrons. The minimum absolute atomic E-state index is 0.0843. The number of aromatic nitrogens is 5. The smallest absolute Gasteiger partial charge is 0.284 e. The van der Waals surface area contributed by atoms with Crippen molar-refractivity contribution in [3.63, 3.8) is 0 Å². The summed E-state index contributed by atoms with van der Waals surface area (Å²) in [5.74, 6) is -0.404. The summed E-state index contributed by atoms with van der Waals surface area (Å²) in [7, 11) is 1.48. The minimum atomic E-state index is -2.83. The zero-order valence-corrected chi connectivity index (χ0v) is 15.5. The van der Waals surface area contributed by atoms with Crippen molar-refractivity contribution in [3.05, 3.63) is 35.9 Å². The number of carbonyl (C=O) groups excluding carboxylic acids is 1. The number of nitrogens with one attached hydrogen (secondary N) is 1.